The highest BCUT2D eigenvalue weighted by Gasteiger charge is 2.53. The highest BCUT2D eigenvalue weighted by molar-refractivity contribution is 5.87. The number of aliphatic hydroxyl groups is 1. The van der Waals surface area contributed by atoms with Crippen molar-refractivity contribution in [2.75, 3.05) is 26.4 Å². The molecule has 0 radical (unpaired) electrons. The van der Waals surface area contributed by atoms with Crippen LogP contribution in [0.4, 0.5) is 4.79 Å². The molecule has 2 amide bonds. The second-order valence-electron chi connectivity index (χ2n) is 10.6. The first kappa shape index (κ1) is 32.2. The number of nitrogens with zero attached hydrogens (tertiary/aromatic N) is 1. The monoisotopic (exact) mass is 570 g/mol. The summed E-state index contributed by atoms with van der Waals surface area (Å²) >= 11 is 0. The van der Waals surface area contributed by atoms with Crippen molar-refractivity contribution in [3.8, 4) is 11.5 Å². The van der Waals surface area contributed by atoms with Gasteiger partial charge in [-0.2, -0.15) is 0 Å². The van der Waals surface area contributed by atoms with Crippen molar-refractivity contribution in [2.24, 2.45) is 0 Å². The third-order valence-corrected chi connectivity index (χ3v) is 7.62. The molecule has 0 aliphatic heterocycles. The van der Waals surface area contributed by atoms with E-state index in [1.807, 2.05) is 58.0 Å². The van der Waals surface area contributed by atoms with E-state index in [9.17, 15) is 19.8 Å². The second-order valence-corrected chi connectivity index (χ2v) is 10.6. The molecule has 0 bridgehead atoms. The summed E-state index contributed by atoms with van der Waals surface area (Å²) in [4.78, 5) is 27.7. The van der Waals surface area contributed by atoms with E-state index in [0.29, 0.717) is 43.4 Å². The highest BCUT2D eigenvalue weighted by Crippen LogP contribution is 2.40. The lowest BCUT2D eigenvalue weighted by atomic mass is 9.74. The molecule has 0 heterocycles. The summed E-state index contributed by atoms with van der Waals surface area (Å²) in [6.07, 6.45) is 1.93. The Labute approximate surface area is 243 Å². The van der Waals surface area contributed by atoms with Crippen molar-refractivity contribution >= 4 is 12.0 Å². The summed E-state index contributed by atoms with van der Waals surface area (Å²) in [6.45, 7) is 10.9. The van der Waals surface area contributed by atoms with E-state index in [2.05, 4.69) is 17.4 Å². The highest BCUT2D eigenvalue weighted by atomic mass is 16.5. The second kappa shape index (κ2) is 15.1. The van der Waals surface area contributed by atoms with E-state index in [1.165, 1.54) is 5.56 Å². The van der Waals surface area contributed by atoms with Crippen LogP contribution in [0.3, 0.4) is 0 Å². The summed E-state index contributed by atoms with van der Waals surface area (Å²) in [5.41, 5.74) is 1.20. The van der Waals surface area contributed by atoms with Gasteiger partial charge in [0.15, 0.2) is 0 Å². The standard InChI is InChI=1S/C32H46N2O7/c1-6-39-26-20-32(21-26,30(36)37)33-31(38)34(17-13-12-16-24-14-10-9-11-15-24)22(4)25-18-27(40-7-2)29(23(5)35)28(19-25)41-8-3/h9-11,14-15,18-19,22-23,26,35H,6-8,12-13,16-17,20-21H2,1-5H3,(H,33,38)(H,36,37)/t22-,23?,26?,32?/m1/s1. The average molecular weight is 571 g/mol. The maximum Gasteiger partial charge on any atom is 0.329 e. The molecular weight excluding hydrogens is 524 g/mol. The minimum Gasteiger partial charge on any atom is -0.493 e. The first-order valence-electron chi connectivity index (χ1n) is 14.7. The number of aryl methyl sites for hydroxylation is 1. The summed E-state index contributed by atoms with van der Waals surface area (Å²) < 4.78 is 17.4. The van der Waals surface area contributed by atoms with Crippen LogP contribution in [-0.2, 0) is 16.0 Å². The third kappa shape index (κ3) is 8.14. The van der Waals surface area contributed by atoms with Gasteiger partial charge in [0.1, 0.15) is 17.0 Å². The van der Waals surface area contributed by atoms with Crippen LogP contribution in [0.15, 0.2) is 42.5 Å². The van der Waals surface area contributed by atoms with Crippen LogP contribution in [0, 0.1) is 0 Å². The van der Waals surface area contributed by atoms with Gasteiger partial charge in [0, 0.05) is 26.0 Å². The van der Waals surface area contributed by atoms with Gasteiger partial charge in [-0.05, 0) is 77.1 Å². The Morgan fingerprint density at radius 3 is 2.12 bits per heavy atom. The molecule has 1 aliphatic rings. The molecule has 1 aliphatic carbocycles. The Balaban J connectivity index is 1.89. The van der Waals surface area contributed by atoms with E-state index in [0.717, 1.165) is 24.8 Å². The zero-order valence-corrected chi connectivity index (χ0v) is 25.0. The molecule has 1 unspecified atom stereocenters. The number of nitrogens with one attached hydrogen (secondary N) is 1. The lowest BCUT2D eigenvalue weighted by Gasteiger charge is -2.45. The first-order valence-corrected chi connectivity index (χ1v) is 14.7. The number of benzene rings is 2. The summed E-state index contributed by atoms with van der Waals surface area (Å²) in [7, 11) is 0. The number of amides is 2. The van der Waals surface area contributed by atoms with Gasteiger partial charge in [0.2, 0.25) is 0 Å². The van der Waals surface area contributed by atoms with Gasteiger partial charge in [-0.25, -0.2) is 9.59 Å². The number of carboxylic acids is 1. The minimum absolute atomic E-state index is 0.191. The van der Waals surface area contributed by atoms with Crippen molar-refractivity contribution < 1.29 is 34.0 Å². The number of aliphatic carboxylic acids is 1. The van der Waals surface area contributed by atoms with Crippen molar-refractivity contribution in [1.82, 2.24) is 10.2 Å². The van der Waals surface area contributed by atoms with E-state index in [-0.39, 0.29) is 18.9 Å². The molecule has 0 saturated heterocycles. The van der Waals surface area contributed by atoms with Crippen molar-refractivity contribution in [2.45, 2.75) is 90.5 Å². The van der Waals surface area contributed by atoms with Crippen molar-refractivity contribution in [3.05, 3.63) is 59.2 Å². The third-order valence-electron chi connectivity index (χ3n) is 7.62. The number of aliphatic hydroxyl groups excluding tert-OH is 1. The SMILES string of the molecule is CCOc1cc([C@@H](C)N(CCCCc2ccccc2)C(=O)NC2(C(=O)O)CC(OCC)C2)cc(OCC)c1C(C)O. The van der Waals surface area contributed by atoms with Crippen LogP contribution in [0.5, 0.6) is 11.5 Å². The molecule has 2 atom stereocenters. The van der Waals surface area contributed by atoms with Gasteiger partial charge in [0.25, 0.3) is 0 Å². The summed E-state index contributed by atoms with van der Waals surface area (Å²) in [6, 6.07) is 13.0. The van der Waals surface area contributed by atoms with Gasteiger partial charge >= 0.3 is 12.0 Å². The molecule has 9 heteroatoms. The quantitative estimate of drug-likeness (QED) is 0.223. The molecule has 3 rings (SSSR count). The zero-order valence-electron chi connectivity index (χ0n) is 25.0. The smallest absolute Gasteiger partial charge is 0.329 e. The lowest BCUT2D eigenvalue weighted by molar-refractivity contribution is -0.156. The molecule has 9 nitrogen and oxygen atoms in total. The van der Waals surface area contributed by atoms with Crippen molar-refractivity contribution in [3.63, 3.8) is 0 Å². The molecule has 2 aromatic carbocycles. The number of unbranched alkanes of at least 4 members (excludes halogenated alkanes) is 1. The molecule has 226 valence electrons. The molecule has 2 aromatic rings. The molecule has 0 spiro atoms. The van der Waals surface area contributed by atoms with Crippen LogP contribution in [-0.4, -0.2) is 65.1 Å². The fraction of sp³-hybridized carbons (Fsp3) is 0.562. The Bertz CT molecular complexity index is 1110. The van der Waals surface area contributed by atoms with E-state index < -0.39 is 29.7 Å². The Morgan fingerprint density at radius 1 is 1.00 bits per heavy atom. The number of carbonyl (C=O) groups is 2. The molecule has 41 heavy (non-hydrogen) atoms. The number of carbonyl (C=O) groups excluding carboxylic acids is 1. The molecule has 0 aromatic heterocycles. The van der Waals surface area contributed by atoms with Gasteiger partial charge in [-0.1, -0.05) is 30.3 Å². The number of carboxylic acid groups (broad SMARTS) is 1. The normalized spacial score (nSPS) is 19.5. The molecular formula is C32H46N2O7. The Hall–Kier alpha value is -3.30. The number of urea groups is 1. The molecule has 1 saturated carbocycles. The first-order chi connectivity index (χ1) is 19.7. The van der Waals surface area contributed by atoms with Crippen molar-refractivity contribution in [1.29, 1.82) is 0 Å². The molecule has 3 N–H and O–H groups in total. The average Bonchev–Trinajstić information content (AvgIpc) is 2.91. The molecule has 1 fully saturated rings. The fourth-order valence-electron chi connectivity index (χ4n) is 5.41. The van der Waals surface area contributed by atoms with Crippen LogP contribution < -0.4 is 14.8 Å². The van der Waals surface area contributed by atoms with Crippen LogP contribution in [0.25, 0.3) is 0 Å². The maximum absolute atomic E-state index is 13.8. The van der Waals surface area contributed by atoms with Gasteiger partial charge < -0.3 is 34.6 Å². The van der Waals surface area contributed by atoms with Gasteiger partial charge in [0.05, 0.1) is 37.0 Å². The fourth-order valence-corrected chi connectivity index (χ4v) is 5.41. The largest absolute Gasteiger partial charge is 0.493 e. The lowest BCUT2D eigenvalue weighted by Crippen LogP contribution is -2.66. The van der Waals surface area contributed by atoms with Crippen LogP contribution >= 0.6 is 0 Å². The Morgan fingerprint density at radius 2 is 1.61 bits per heavy atom. The summed E-state index contributed by atoms with van der Waals surface area (Å²) in [5.74, 6) is -0.0578. The van der Waals surface area contributed by atoms with Gasteiger partial charge in [-0.3, -0.25) is 0 Å². The number of hydrogen-bond donors (Lipinski definition) is 3. The minimum atomic E-state index is -1.36. The van der Waals surface area contributed by atoms with E-state index >= 15 is 0 Å². The number of ether oxygens (including phenoxy) is 3. The maximum atomic E-state index is 13.8. The number of rotatable bonds is 16. The van der Waals surface area contributed by atoms with E-state index in [1.54, 1.807) is 11.8 Å². The van der Waals surface area contributed by atoms with E-state index in [4.69, 9.17) is 14.2 Å². The van der Waals surface area contributed by atoms with Crippen LogP contribution in [0.1, 0.15) is 89.1 Å². The predicted molar refractivity (Wildman–Crippen MR) is 157 cm³/mol. The summed E-state index contributed by atoms with van der Waals surface area (Å²) in [5, 5.41) is 23.3. The Kier molecular flexibility index (Phi) is 11.8. The van der Waals surface area contributed by atoms with Crippen LogP contribution in [0.2, 0.25) is 0 Å². The predicted octanol–water partition coefficient (Wildman–Crippen LogP) is 5.66. The topological polar surface area (TPSA) is 118 Å². The number of hydrogen-bond acceptors (Lipinski definition) is 6. The zero-order chi connectivity index (χ0) is 30.0. The van der Waals surface area contributed by atoms with Gasteiger partial charge in [-0.15, -0.1) is 0 Å².